The van der Waals surface area contributed by atoms with E-state index in [1.807, 2.05) is 42.5 Å². The van der Waals surface area contributed by atoms with Gasteiger partial charge in [-0.3, -0.25) is 4.79 Å². The third-order valence-electron chi connectivity index (χ3n) is 3.34. The molecule has 0 amide bonds. The molecule has 0 aliphatic heterocycles. The third kappa shape index (κ3) is 2.67. The average Bonchev–Trinajstić information content (AvgIpc) is 2.87. The van der Waals surface area contributed by atoms with Crippen LogP contribution in [0.2, 0.25) is 0 Å². The van der Waals surface area contributed by atoms with Crippen molar-refractivity contribution in [2.24, 2.45) is 0 Å². The lowest BCUT2D eigenvalue weighted by atomic mass is 9.90. The van der Waals surface area contributed by atoms with Crippen LogP contribution in [-0.4, -0.2) is 23.1 Å². The Morgan fingerprint density at radius 3 is 2.70 bits per heavy atom. The Labute approximate surface area is 122 Å². The zero-order valence-corrected chi connectivity index (χ0v) is 12.9. The molecule has 0 saturated heterocycles. The number of rotatable bonds is 4. The van der Waals surface area contributed by atoms with Crippen molar-refractivity contribution >= 4 is 28.1 Å². The summed E-state index contributed by atoms with van der Waals surface area (Å²) in [4.78, 5) is 17.7. The number of aromatic nitrogens is 1. The summed E-state index contributed by atoms with van der Waals surface area (Å²) >= 11 is 1.45. The molecule has 4 nitrogen and oxygen atoms in total. The first-order chi connectivity index (χ1) is 9.32. The number of carbonyl (C=O) groups is 1. The summed E-state index contributed by atoms with van der Waals surface area (Å²) in [7, 11) is 1.94. The van der Waals surface area contributed by atoms with Crippen LogP contribution in [0, 0.1) is 6.92 Å². The summed E-state index contributed by atoms with van der Waals surface area (Å²) in [5.41, 5.74) is 1.84. The van der Waals surface area contributed by atoms with Crippen molar-refractivity contribution in [3.05, 3.63) is 40.9 Å². The molecule has 1 N–H and O–H groups in total. The van der Waals surface area contributed by atoms with E-state index in [4.69, 9.17) is 0 Å². The number of thiazole rings is 1. The van der Waals surface area contributed by atoms with E-state index in [1.54, 1.807) is 13.8 Å². The molecule has 2 rings (SSSR count). The Balaban J connectivity index is 2.31. The minimum atomic E-state index is -0.970. The summed E-state index contributed by atoms with van der Waals surface area (Å²) < 4.78 is 0. The first-order valence-electron chi connectivity index (χ1n) is 6.32. The molecule has 0 radical (unpaired) electrons. The number of benzene rings is 1. The van der Waals surface area contributed by atoms with Gasteiger partial charge in [0.05, 0.1) is 5.69 Å². The van der Waals surface area contributed by atoms with E-state index in [9.17, 15) is 9.90 Å². The van der Waals surface area contributed by atoms with Gasteiger partial charge in [0.25, 0.3) is 0 Å². The fraction of sp³-hybridized carbons (Fsp3) is 0.333. The van der Waals surface area contributed by atoms with Crippen LogP contribution >= 0.6 is 11.3 Å². The van der Waals surface area contributed by atoms with Crippen LogP contribution in [-0.2, 0) is 10.2 Å². The molecule has 0 atom stereocenters. The van der Waals surface area contributed by atoms with Crippen LogP contribution in [0.1, 0.15) is 25.1 Å². The summed E-state index contributed by atoms with van der Waals surface area (Å²) in [5.74, 6) is -0.868. The quantitative estimate of drug-likeness (QED) is 0.935. The van der Waals surface area contributed by atoms with Gasteiger partial charge in [0.1, 0.15) is 5.41 Å². The Hall–Kier alpha value is -1.88. The zero-order valence-electron chi connectivity index (χ0n) is 12.0. The number of aryl methyl sites for hydroxylation is 1. The number of hydrogen-bond acceptors (Lipinski definition) is 4. The van der Waals surface area contributed by atoms with Gasteiger partial charge in [-0.2, -0.15) is 0 Å². The Morgan fingerprint density at radius 2 is 2.10 bits per heavy atom. The highest BCUT2D eigenvalue weighted by molar-refractivity contribution is 7.13. The van der Waals surface area contributed by atoms with Crippen LogP contribution in [0.4, 0.5) is 10.8 Å². The Kier molecular flexibility index (Phi) is 3.81. The number of hydrogen-bond donors (Lipinski definition) is 1. The van der Waals surface area contributed by atoms with Crippen molar-refractivity contribution in [2.75, 3.05) is 11.9 Å². The van der Waals surface area contributed by atoms with Gasteiger partial charge in [-0.05, 0) is 38.5 Å². The molecule has 0 spiro atoms. The van der Waals surface area contributed by atoms with Gasteiger partial charge < -0.3 is 10.0 Å². The molecule has 20 heavy (non-hydrogen) atoms. The summed E-state index contributed by atoms with van der Waals surface area (Å²) in [6.45, 7) is 5.37. The summed E-state index contributed by atoms with van der Waals surface area (Å²) in [6.07, 6.45) is 0. The highest BCUT2D eigenvalue weighted by Crippen LogP contribution is 2.32. The van der Waals surface area contributed by atoms with Gasteiger partial charge in [-0.1, -0.05) is 12.1 Å². The number of nitrogens with zero attached hydrogens (tertiary/aromatic N) is 2. The van der Waals surface area contributed by atoms with Crippen molar-refractivity contribution in [1.82, 2.24) is 4.98 Å². The van der Waals surface area contributed by atoms with E-state index in [0.29, 0.717) is 5.69 Å². The lowest BCUT2D eigenvalue weighted by molar-refractivity contribution is -0.142. The normalized spacial score (nSPS) is 11.4. The molecule has 106 valence electrons. The van der Waals surface area contributed by atoms with E-state index in [-0.39, 0.29) is 0 Å². The fourth-order valence-electron chi connectivity index (χ4n) is 1.76. The van der Waals surface area contributed by atoms with E-state index in [2.05, 4.69) is 11.1 Å². The van der Waals surface area contributed by atoms with Crippen molar-refractivity contribution in [3.63, 3.8) is 0 Å². The molecule has 0 saturated carbocycles. The second-order valence-electron chi connectivity index (χ2n) is 5.34. The predicted octanol–water partition coefficient (Wildman–Crippen LogP) is 3.58. The molecule has 1 aromatic carbocycles. The molecule has 0 aliphatic rings. The van der Waals surface area contributed by atoms with Crippen LogP contribution in [0.25, 0.3) is 0 Å². The number of carboxylic acid groups (broad SMARTS) is 1. The Bertz CT molecular complexity index is 634. The fourth-order valence-corrected chi connectivity index (χ4v) is 2.74. The molecule has 1 aromatic heterocycles. The van der Waals surface area contributed by atoms with E-state index >= 15 is 0 Å². The van der Waals surface area contributed by atoms with Gasteiger partial charge in [-0.25, -0.2) is 4.98 Å². The molecule has 0 unspecified atom stereocenters. The second kappa shape index (κ2) is 5.25. The van der Waals surface area contributed by atoms with Gasteiger partial charge in [0.15, 0.2) is 5.13 Å². The minimum absolute atomic E-state index is 0.588. The molecule has 0 bridgehead atoms. The second-order valence-corrected chi connectivity index (χ2v) is 6.18. The van der Waals surface area contributed by atoms with Crippen molar-refractivity contribution in [2.45, 2.75) is 26.2 Å². The highest BCUT2D eigenvalue weighted by atomic mass is 32.1. The van der Waals surface area contributed by atoms with E-state index < -0.39 is 11.4 Å². The maximum absolute atomic E-state index is 11.3. The lowest BCUT2D eigenvalue weighted by Gasteiger charge is -2.18. The molecule has 1 heterocycles. The first kappa shape index (κ1) is 14.5. The van der Waals surface area contributed by atoms with Crippen LogP contribution in [0.5, 0.6) is 0 Å². The van der Waals surface area contributed by atoms with Gasteiger partial charge in [-0.15, -0.1) is 11.3 Å². The predicted molar refractivity (Wildman–Crippen MR) is 82.0 cm³/mol. The lowest BCUT2D eigenvalue weighted by Crippen LogP contribution is -2.29. The van der Waals surface area contributed by atoms with Crippen molar-refractivity contribution in [3.8, 4) is 0 Å². The number of anilines is 2. The SMILES string of the molecule is Cc1cccc(N(C)c2nc(C(C)(C)C(=O)O)cs2)c1. The standard InChI is InChI=1S/C15H18N2O2S/c1-10-6-5-7-11(8-10)17(4)14-16-12(9-20-14)15(2,3)13(18)19/h5-9H,1-4H3,(H,18,19). The zero-order chi connectivity index (χ0) is 14.9. The average molecular weight is 290 g/mol. The van der Waals surface area contributed by atoms with E-state index in [1.165, 1.54) is 16.9 Å². The molecular weight excluding hydrogens is 272 g/mol. The number of carboxylic acids is 1. The molecule has 5 heteroatoms. The largest absolute Gasteiger partial charge is 0.481 e. The molecular formula is C15H18N2O2S. The van der Waals surface area contributed by atoms with Crippen LogP contribution < -0.4 is 4.90 Å². The maximum Gasteiger partial charge on any atom is 0.315 e. The van der Waals surface area contributed by atoms with Gasteiger partial charge >= 0.3 is 5.97 Å². The topological polar surface area (TPSA) is 53.4 Å². The third-order valence-corrected chi connectivity index (χ3v) is 4.26. The smallest absolute Gasteiger partial charge is 0.315 e. The first-order valence-corrected chi connectivity index (χ1v) is 7.20. The monoisotopic (exact) mass is 290 g/mol. The number of aliphatic carboxylic acids is 1. The van der Waals surface area contributed by atoms with Crippen molar-refractivity contribution in [1.29, 1.82) is 0 Å². The Morgan fingerprint density at radius 1 is 1.40 bits per heavy atom. The van der Waals surface area contributed by atoms with Crippen LogP contribution in [0.3, 0.4) is 0 Å². The molecule has 0 fully saturated rings. The molecule has 0 aliphatic carbocycles. The summed E-state index contributed by atoms with van der Waals surface area (Å²) in [5, 5.41) is 11.9. The maximum atomic E-state index is 11.3. The minimum Gasteiger partial charge on any atom is -0.481 e. The highest BCUT2D eigenvalue weighted by Gasteiger charge is 2.32. The molecule has 2 aromatic rings. The van der Waals surface area contributed by atoms with Gasteiger partial charge in [0, 0.05) is 18.1 Å². The van der Waals surface area contributed by atoms with Crippen LogP contribution in [0.15, 0.2) is 29.6 Å². The van der Waals surface area contributed by atoms with Gasteiger partial charge in [0.2, 0.25) is 0 Å². The summed E-state index contributed by atoms with van der Waals surface area (Å²) in [6, 6.07) is 8.12. The van der Waals surface area contributed by atoms with Crippen molar-refractivity contribution < 1.29 is 9.90 Å². The van der Waals surface area contributed by atoms with E-state index in [0.717, 1.165) is 10.8 Å².